The second-order valence-electron chi connectivity index (χ2n) is 7.30. The van der Waals surface area contributed by atoms with Crippen molar-refractivity contribution in [1.29, 1.82) is 0 Å². The fraction of sp³-hybridized carbons (Fsp3) is 0.667. The number of aromatic nitrogens is 1. The van der Waals surface area contributed by atoms with Crippen molar-refractivity contribution < 1.29 is 14.3 Å². The number of likely N-dealkylation sites (tertiary alicyclic amines) is 1. The first kappa shape index (κ1) is 17.3. The van der Waals surface area contributed by atoms with Gasteiger partial charge in [0.25, 0.3) is 0 Å². The minimum Gasteiger partial charge on any atom is -0.380 e. The topological polar surface area (TPSA) is 54.9 Å². The van der Waals surface area contributed by atoms with Crippen molar-refractivity contribution in [3.63, 3.8) is 0 Å². The van der Waals surface area contributed by atoms with Gasteiger partial charge in [-0.2, -0.15) is 0 Å². The fourth-order valence-corrected chi connectivity index (χ4v) is 3.65. The van der Waals surface area contributed by atoms with E-state index in [9.17, 15) is 4.79 Å². The highest BCUT2D eigenvalue weighted by molar-refractivity contribution is 5.76. The highest BCUT2D eigenvalue weighted by Gasteiger charge is 2.50. The molecule has 1 aromatic rings. The first-order chi connectivity index (χ1) is 11.5. The first-order valence-electron chi connectivity index (χ1n) is 8.49. The predicted octanol–water partition coefficient (Wildman–Crippen LogP) is 0.943. The van der Waals surface area contributed by atoms with Gasteiger partial charge < -0.3 is 14.4 Å². The number of amides is 1. The minimum atomic E-state index is 0.000629. The fourth-order valence-electron chi connectivity index (χ4n) is 3.65. The van der Waals surface area contributed by atoms with E-state index in [4.69, 9.17) is 9.47 Å². The lowest BCUT2D eigenvalue weighted by molar-refractivity contribution is -0.135. The monoisotopic (exact) mass is 333 g/mol. The van der Waals surface area contributed by atoms with Crippen molar-refractivity contribution in [2.75, 3.05) is 53.6 Å². The van der Waals surface area contributed by atoms with Crippen LogP contribution < -0.4 is 0 Å². The molecule has 6 heteroatoms. The third-order valence-corrected chi connectivity index (χ3v) is 5.04. The van der Waals surface area contributed by atoms with Gasteiger partial charge >= 0.3 is 0 Å². The molecule has 0 N–H and O–H groups in total. The van der Waals surface area contributed by atoms with Crippen LogP contribution >= 0.6 is 0 Å². The second-order valence-corrected chi connectivity index (χ2v) is 7.30. The lowest BCUT2D eigenvalue weighted by Crippen LogP contribution is -2.37. The van der Waals surface area contributed by atoms with Gasteiger partial charge in [-0.25, -0.2) is 0 Å². The maximum absolute atomic E-state index is 11.7. The second kappa shape index (κ2) is 7.17. The molecule has 2 saturated heterocycles. The predicted molar refractivity (Wildman–Crippen MR) is 90.5 cm³/mol. The average Bonchev–Trinajstić information content (AvgIpc) is 3.03. The van der Waals surface area contributed by atoms with Crippen LogP contribution in [0.1, 0.15) is 11.4 Å². The summed E-state index contributed by atoms with van der Waals surface area (Å²) in [5.41, 5.74) is 2.17. The molecular formula is C18H27N3O3. The van der Waals surface area contributed by atoms with Gasteiger partial charge in [0.05, 0.1) is 25.5 Å². The summed E-state index contributed by atoms with van der Waals surface area (Å²) in [5.74, 6) is 0.470. The minimum absolute atomic E-state index is 0.000629. The number of hydrogen-bond donors (Lipinski definition) is 0. The molecule has 0 aliphatic carbocycles. The van der Waals surface area contributed by atoms with E-state index >= 15 is 0 Å². The van der Waals surface area contributed by atoms with Crippen LogP contribution in [0.2, 0.25) is 0 Å². The number of hydrogen-bond acceptors (Lipinski definition) is 5. The average molecular weight is 333 g/mol. The molecule has 6 nitrogen and oxygen atoms in total. The van der Waals surface area contributed by atoms with E-state index in [2.05, 4.69) is 22.0 Å². The smallest absolute Gasteiger partial charge is 0.248 e. The van der Waals surface area contributed by atoms with Crippen LogP contribution in [0.5, 0.6) is 0 Å². The third-order valence-electron chi connectivity index (χ3n) is 5.04. The van der Waals surface area contributed by atoms with E-state index in [1.54, 1.807) is 19.0 Å². The molecule has 0 bridgehead atoms. The molecular weight excluding hydrogens is 306 g/mol. The summed E-state index contributed by atoms with van der Waals surface area (Å²) in [5, 5.41) is 0. The Morgan fingerprint density at radius 3 is 3.08 bits per heavy atom. The Labute approximate surface area is 143 Å². The molecule has 2 aliphatic heterocycles. The van der Waals surface area contributed by atoms with Gasteiger partial charge in [-0.1, -0.05) is 6.07 Å². The van der Waals surface area contributed by atoms with Crippen molar-refractivity contribution in [1.82, 2.24) is 14.8 Å². The number of nitrogens with zero attached hydrogens (tertiary/aromatic N) is 3. The Morgan fingerprint density at radius 1 is 1.50 bits per heavy atom. The summed E-state index contributed by atoms with van der Waals surface area (Å²) in [4.78, 5) is 20.3. The highest BCUT2D eigenvalue weighted by Crippen LogP contribution is 2.41. The molecule has 132 valence electrons. The van der Waals surface area contributed by atoms with E-state index < -0.39 is 0 Å². The quantitative estimate of drug-likeness (QED) is 0.776. The van der Waals surface area contributed by atoms with Crippen molar-refractivity contribution in [2.24, 2.45) is 11.3 Å². The van der Waals surface area contributed by atoms with Crippen molar-refractivity contribution in [3.8, 4) is 0 Å². The maximum atomic E-state index is 11.7. The molecule has 0 aromatic carbocycles. The number of fused-ring (bicyclic) bond motifs is 1. The van der Waals surface area contributed by atoms with Gasteiger partial charge in [0.1, 0.15) is 6.61 Å². The Balaban J connectivity index is 1.58. The third kappa shape index (κ3) is 3.77. The largest absolute Gasteiger partial charge is 0.380 e. The molecule has 2 atom stereocenters. The van der Waals surface area contributed by atoms with Gasteiger partial charge in [-0.15, -0.1) is 0 Å². The number of aryl methyl sites for hydroxylation is 1. The SMILES string of the molecule is Cc1cccc(CN2C[C@@H]3COC[C@]3(COCC(=O)N(C)C)C2)n1. The van der Waals surface area contributed by atoms with Crippen LogP contribution in [0.4, 0.5) is 0 Å². The standard InChI is InChI=1S/C18H27N3O3/c1-14-5-4-6-16(19-14)8-21-7-15-9-23-12-18(15,11-21)13-24-10-17(22)20(2)3/h4-6,15H,7-13H2,1-3H3/t15-,18+/m1/s1. The van der Waals surface area contributed by atoms with E-state index in [0.717, 1.165) is 37.6 Å². The Bertz CT molecular complexity index is 593. The summed E-state index contributed by atoms with van der Waals surface area (Å²) < 4.78 is 11.5. The number of pyridine rings is 1. The number of carbonyl (C=O) groups is 1. The summed E-state index contributed by atoms with van der Waals surface area (Å²) in [6, 6.07) is 6.16. The molecule has 0 spiro atoms. The Kier molecular flexibility index (Phi) is 5.18. The number of likely N-dealkylation sites (N-methyl/N-ethyl adjacent to an activating group) is 1. The molecule has 2 fully saturated rings. The van der Waals surface area contributed by atoms with Gasteiger partial charge in [0.2, 0.25) is 5.91 Å². The van der Waals surface area contributed by atoms with E-state index in [1.807, 2.05) is 13.0 Å². The molecule has 1 aromatic heterocycles. The Hall–Kier alpha value is -1.50. The molecule has 1 amide bonds. The van der Waals surface area contributed by atoms with Gasteiger partial charge in [-0.3, -0.25) is 14.7 Å². The summed E-state index contributed by atoms with van der Waals surface area (Å²) in [6.45, 7) is 7.03. The summed E-state index contributed by atoms with van der Waals surface area (Å²) in [6.07, 6.45) is 0. The van der Waals surface area contributed by atoms with Crippen molar-refractivity contribution in [3.05, 3.63) is 29.6 Å². The number of ether oxygens (including phenoxy) is 2. The van der Waals surface area contributed by atoms with Crippen molar-refractivity contribution in [2.45, 2.75) is 13.5 Å². The van der Waals surface area contributed by atoms with Crippen LogP contribution in [-0.4, -0.2) is 74.3 Å². The molecule has 3 rings (SSSR count). The highest BCUT2D eigenvalue weighted by atomic mass is 16.5. The lowest BCUT2D eigenvalue weighted by atomic mass is 9.82. The zero-order valence-corrected chi connectivity index (χ0v) is 14.8. The van der Waals surface area contributed by atoms with E-state index in [-0.39, 0.29) is 17.9 Å². The van der Waals surface area contributed by atoms with Gasteiger partial charge in [0, 0.05) is 50.8 Å². The van der Waals surface area contributed by atoms with Crippen LogP contribution in [0, 0.1) is 18.3 Å². The van der Waals surface area contributed by atoms with Gasteiger partial charge in [0.15, 0.2) is 0 Å². The first-order valence-corrected chi connectivity index (χ1v) is 8.49. The normalized spacial score (nSPS) is 26.5. The van der Waals surface area contributed by atoms with Crippen LogP contribution in [0.15, 0.2) is 18.2 Å². The molecule has 0 saturated carbocycles. The molecule has 2 aliphatic rings. The summed E-state index contributed by atoms with van der Waals surface area (Å²) in [7, 11) is 3.50. The summed E-state index contributed by atoms with van der Waals surface area (Å²) >= 11 is 0. The molecule has 0 unspecified atom stereocenters. The van der Waals surface area contributed by atoms with Gasteiger partial charge in [-0.05, 0) is 19.1 Å². The molecule has 24 heavy (non-hydrogen) atoms. The van der Waals surface area contributed by atoms with E-state index in [0.29, 0.717) is 19.1 Å². The number of carbonyl (C=O) groups excluding carboxylic acids is 1. The number of rotatable bonds is 6. The lowest BCUT2D eigenvalue weighted by Gasteiger charge is -2.27. The Morgan fingerprint density at radius 2 is 2.33 bits per heavy atom. The molecule has 0 radical (unpaired) electrons. The van der Waals surface area contributed by atoms with Crippen LogP contribution in [0.25, 0.3) is 0 Å². The maximum Gasteiger partial charge on any atom is 0.248 e. The van der Waals surface area contributed by atoms with E-state index in [1.165, 1.54) is 0 Å². The van der Waals surface area contributed by atoms with Crippen LogP contribution in [-0.2, 0) is 20.8 Å². The molecule has 3 heterocycles. The van der Waals surface area contributed by atoms with Crippen LogP contribution in [0.3, 0.4) is 0 Å². The van der Waals surface area contributed by atoms with Crippen molar-refractivity contribution >= 4 is 5.91 Å². The zero-order valence-electron chi connectivity index (χ0n) is 14.8. The zero-order chi connectivity index (χ0) is 17.2.